The van der Waals surface area contributed by atoms with E-state index < -0.39 is 52.1 Å². The number of rotatable bonds is 81. The number of hydrogen-bond donors (Lipinski definition) is 3. The standard InChI is InChI=1S/C87H166O8/c1-6-11-16-21-26-31-36-41-43-47-49-54-59-64-69-74-80(89)85(78-73-68-63-58-53-40-35-30-25-20-15-10-5,81(90)75-70-65-60-55-50-48-44-42-37-32-27-22-17-12-7-2)84(93)87(95,83(92)77-72-67-62-57-52-46-39-34-29-24-19-14-9-4)86(94,79-88)82(91)76-71-66-61-56-51-45-38-33-28-23-18-13-8-3/h88,94-95H,6-79H2,1-5H3. The van der Waals surface area contributed by atoms with Gasteiger partial charge in [-0.3, -0.25) is 24.0 Å². The number of aliphatic hydroxyl groups excluding tert-OH is 1. The molecule has 2 unspecified atom stereocenters. The molecule has 562 valence electrons. The molecule has 0 aromatic rings. The van der Waals surface area contributed by atoms with E-state index in [1.54, 1.807) is 0 Å². The van der Waals surface area contributed by atoms with Crippen LogP contribution in [0.15, 0.2) is 0 Å². The van der Waals surface area contributed by atoms with Gasteiger partial charge >= 0.3 is 0 Å². The highest BCUT2D eigenvalue weighted by Gasteiger charge is 2.69. The molecule has 0 saturated heterocycles. The number of ketones is 5. The molecule has 0 bridgehead atoms. The van der Waals surface area contributed by atoms with Crippen LogP contribution < -0.4 is 0 Å². The fourth-order valence-electron chi connectivity index (χ4n) is 15.0. The number of hydrogen-bond acceptors (Lipinski definition) is 8. The molecule has 3 N–H and O–H groups in total. The second kappa shape index (κ2) is 69.3. The van der Waals surface area contributed by atoms with E-state index in [0.29, 0.717) is 51.4 Å². The van der Waals surface area contributed by atoms with Crippen LogP contribution in [0.3, 0.4) is 0 Å². The maximum atomic E-state index is 16.4. The Kier molecular flexibility index (Phi) is 68.0. The third-order valence-electron chi connectivity index (χ3n) is 21.8. The van der Waals surface area contributed by atoms with Gasteiger partial charge in [0.2, 0.25) is 5.60 Å². The number of Topliss-reactive ketones (excluding diaryl/α,β-unsaturated/α-hetero) is 5. The lowest BCUT2D eigenvalue weighted by molar-refractivity contribution is -0.199. The van der Waals surface area contributed by atoms with Gasteiger partial charge in [0.25, 0.3) is 0 Å². The van der Waals surface area contributed by atoms with Crippen molar-refractivity contribution in [1.29, 1.82) is 0 Å². The highest BCUT2D eigenvalue weighted by molar-refractivity contribution is 6.32. The van der Waals surface area contributed by atoms with Crippen molar-refractivity contribution in [2.24, 2.45) is 5.41 Å². The zero-order chi connectivity index (χ0) is 69.7. The van der Waals surface area contributed by atoms with Gasteiger partial charge in [0, 0.05) is 25.7 Å². The Labute approximate surface area is 591 Å². The minimum atomic E-state index is -3.49. The van der Waals surface area contributed by atoms with Gasteiger partial charge in [-0.05, 0) is 32.1 Å². The van der Waals surface area contributed by atoms with E-state index in [4.69, 9.17) is 0 Å². The molecule has 0 rings (SSSR count). The van der Waals surface area contributed by atoms with Crippen LogP contribution in [0.4, 0.5) is 0 Å². The zero-order valence-corrected chi connectivity index (χ0v) is 64.7. The SMILES string of the molecule is CCCCCCCCCCCCCCCCCC(=O)C(CCCCCCCCCCCCCC)(C(=O)CCCCCCCCCCCCCCCCC)C(=O)C(O)(C(=O)CCCCCCCCCCCCCCC)C(O)(CO)C(=O)CCCCCCCCCCCCCCC. The molecule has 0 aliphatic heterocycles. The predicted molar refractivity (Wildman–Crippen MR) is 410 cm³/mol. The van der Waals surface area contributed by atoms with Crippen LogP contribution in [0.25, 0.3) is 0 Å². The van der Waals surface area contributed by atoms with Crippen molar-refractivity contribution in [3.8, 4) is 0 Å². The summed E-state index contributed by atoms with van der Waals surface area (Å²) in [4.78, 5) is 77.7. The average molecular weight is 1340 g/mol. The predicted octanol–water partition coefficient (Wildman–Crippen LogP) is 26.8. The highest BCUT2D eigenvalue weighted by atomic mass is 16.4. The Balaban J connectivity index is 6.94. The molecule has 0 heterocycles. The summed E-state index contributed by atoms with van der Waals surface area (Å²) in [6.07, 6.45) is 74.5. The molecule has 0 aliphatic rings. The topological polar surface area (TPSA) is 146 Å². The summed E-state index contributed by atoms with van der Waals surface area (Å²) in [5.41, 5.74) is -9.15. The van der Waals surface area contributed by atoms with Gasteiger partial charge in [0.1, 0.15) is 5.41 Å². The molecule has 0 aromatic carbocycles. The van der Waals surface area contributed by atoms with Crippen LogP contribution in [0, 0.1) is 5.41 Å². The number of unbranched alkanes of at least 4 members (excludes halogenated alkanes) is 63. The zero-order valence-electron chi connectivity index (χ0n) is 64.7. The molecule has 95 heavy (non-hydrogen) atoms. The molecule has 0 aliphatic carbocycles. The Morgan fingerprint density at radius 2 is 0.368 bits per heavy atom. The van der Waals surface area contributed by atoms with Gasteiger partial charge < -0.3 is 15.3 Å². The van der Waals surface area contributed by atoms with Crippen molar-refractivity contribution in [1.82, 2.24) is 0 Å². The van der Waals surface area contributed by atoms with Crippen molar-refractivity contribution in [2.75, 3.05) is 6.61 Å². The van der Waals surface area contributed by atoms with E-state index in [1.807, 2.05) is 0 Å². The molecule has 0 saturated carbocycles. The van der Waals surface area contributed by atoms with E-state index in [-0.39, 0.29) is 32.1 Å². The third kappa shape index (κ3) is 47.9. The Morgan fingerprint density at radius 3 is 0.558 bits per heavy atom. The number of carbonyl (C=O) groups is 5. The van der Waals surface area contributed by atoms with E-state index in [9.17, 15) is 20.1 Å². The maximum Gasteiger partial charge on any atom is 0.221 e. The number of aliphatic hydroxyl groups is 3. The first-order valence-corrected chi connectivity index (χ1v) is 43.2. The van der Waals surface area contributed by atoms with Crippen LogP contribution >= 0.6 is 0 Å². The number of carbonyl (C=O) groups excluding carboxylic acids is 5. The molecule has 0 amide bonds. The smallest absolute Gasteiger partial charge is 0.221 e. The Hall–Kier alpha value is -1.77. The molecule has 0 fully saturated rings. The molecule has 2 atom stereocenters. The summed E-state index contributed by atoms with van der Waals surface area (Å²) in [5, 5.41) is 37.7. The Morgan fingerprint density at radius 1 is 0.211 bits per heavy atom. The van der Waals surface area contributed by atoms with Crippen LogP contribution in [-0.4, -0.2) is 62.0 Å². The normalized spacial score (nSPS) is 13.2. The van der Waals surface area contributed by atoms with E-state index >= 15 is 19.2 Å². The molecule has 0 aromatic heterocycles. The quantitative estimate of drug-likeness (QED) is 0.0403. The first-order valence-electron chi connectivity index (χ1n) is 43.2. The van der Waals surface area contributed by atoms with Crippen molar-refractivity contribution in [3.63, 3.8) is 0 Å². The molecule has 8 heteroatoms. The summed E-state index contributed by atoms with van der Waals surface area (Å²) in [7, 11) is 0. The fraction of sp³-hybridized carbons (Fsp3) is 0.943. The van der Waals surface area contributed by atoms with Gasteiger partial charge in [-0.15, -0.1) is 0 Å². The minimum absolute atomic E-state index is 0.0690. The van der Waals surface area contributed by atoms with Crippen molar-refractivity contribution < 1.29 is 39.3 Å². The second-order valence-corrected chi connectivity index (χ2v) is 30.7. The lowest BCUT2D eigenvalue weighted by Crippen LogP contribution is -2.73. The van der Waals surface area contributed by atoms with E-state index in [1.165, 1.54) is 263 Å². The summed E-state index contributed by atoms with van der Waals surface area (Å²) < 4.78 is 0. The lowest BCUT2D eigenvalue weighted by atomic mass is 9.59. The summed E-state index contributed by atoms with van der Waals surface area (Å²) in [6.45, 7) is 9.90. The van der Waals surface area contributed by atoms with Crippen molar-refractivity contribution in [3.05, 3.63) is 0 Å². The van der Waals surface area contributed by atoms with E-state index in [0.717, 1.165) is 122 Å². The van der Waals surface area contributed by atoms with Crippen LogP contribution in [0.2, 0.25) is 0 Å². The fourth-order valence-corrected chi connectivity index (χ4v) is 15.0. The van der Waals surface area contributed by atoms with Crippen molar-refractivity contribution >= 4 is 28.9 Å². The minimum Gasteiger partial charge on any atom is -0.393 e. The Bertz CT molecular complexity index is 1660. The first kappa shape index (κ1) is 93.2. The third-order valence-corrected chi connectivity index (χ3v) is 21.8. The van der Waals surface area contributed by atoms with Gasteiger partial charge in [0.15, 0.2) is 34.5 Å². The second-order valence-electron chi connectivity index (χ2n) is 30.7. The maximum absolute atomic E-state index is 16.4. The van der Waals surface area contributed by atoms with Gasteiger partial charge in [-0.2, -0.15) is 0 Å². The lowest BCUT2D eigenvalue weighted by Gasteiger charge is -2.44. The summed E-state index contributed by atoms with van der Waals surface area (Å²) in [5.74, 6) is -4.56. The molecule has 0 spiro atoms. The van der Waals surface area contributed by atoms with Gasteiger partial charge in [-0.25, -0.2) is 0 Å². The summed E-state index contributed by atoms with van der Waals surface area (Å²) >= 11 is 0. The monoisotopic (exact) mass is 1340 g/mol. The molecule has 0 radical (unpaired) electrons. The van der Waals surface area contributed by atoms with Crippen LogP contribution in [0.1, 0.15) is 503 Å². The molecular weight excluding hydrogens is 1170 g/mol. The summed E-state index contributed by atoms with van der Waals surface area (Å²) in [6, 6.07) is 0. The highest BCUT2D eigenvalue weighted by Crippen LogP contribution is 2.43. The first-order chi connectivity index (χ1) is 46.5. The van der Waals surface area contributed by atoms with Crippen LogP contribution in [-0.2, 0) is 24.0 Å². The van der Waals surface area contributed by atoms with Crippen LogP contribution in [0.5, 0.6) is 0 Å². The van der Waals surface area contributed by atoms with E-state index in [2.05, 4.69) is 34.6 Å². The largest absolute Gasteiger partial charge is 0.393 e. The average Bonchev–Trinajstić information content (AvgIpc) is 0.723. The van der Waals surface area contributed by atoms with Gasteiger partial charge in [0.05, 0.1) is 6.61 Å². The van der Waals surface area contributed by atoms with Crippen molar-refractivity contribution in [2.45, 2.75) is 515 Å². The molecular formula is C87H166O8. The molecule has 8 nitrogen and oxygen atoms in total. The van der Waals surface area contributed by atoms with Gasteiger partial charge in [-0.1, -0.05) is 446 Å².